The van der Waals surface area contributed by atoms with Gasteiger partial charge in [0.1, 0.15) is 0 Å². The van der Waals surface area contributed by atoms with E-state index in [0.29, 0.717) is 12.1 Å². The molecular formula is C14H22N2O. The number of carbonyl (C=O) groups is 1. The average Bonchev–Trinajstić information content (AvgIpc) is 2.36. The molecule has 1 amide bonds. The Bertz CT molecular complexity index is 386. The van der Waals surface area contributed by atoms with Crippen molar-refractivity contribution >= 4 is 11.6 Å². The van der Waals surface area contributed by atoms with Crippen LogP contribution < -0.4 is 10.6 Å². The van der Waals surface area contributed by atoms with E-state index in [0.717, 1.165) is 12.1 Å². The van der Waals surface area contributed by atoms with E-state index in [1.54, 1.807) is 0 Å². The first-order chi connectivity index (χ1) is 8.00. The highest BCUT2D eigenvalue weighted by atomic mass is 16.1. The lowest BCUT2D eigenvalue weighted by atomic mass is 9.90. The van der Waals surface area contributed by atoms with Crippen molar-refractivity contribution in [2.75, 3.05) is 18.9 Å². The summed E-state index contributed by atoms with van der Waals surface area (Å²) in [5, 5.41) is 6.01. The molecule has 3 nitrogen and oxygen atoms in total. The Kier molecular flexibility index (Phi) is 4.55. The Morgan fingerprint density at radius 1 is 1.29 bits per heavy atom. The molecule has 0 unspecified atom stereocenters. The SMILES string of the molecule is CCC(C)(C)CNC(=O)c1ccccc1NC. The van der Waals surface area contributed by atoms with Gasteiger partial charge in [-0.15, -0.1) is 0 Å². The second-order valence-corrected chi connectivity index (χ2v) is 5.00. The Morgan fingerprint density at radius 3 is 2.53 bits per heavy atom. The zero-order chi connectivity index (χ0) is 12.9. The molecule has 1 aromatic carbocycles. The fourth-order valence-electron chi connectivity index (χ4n) is 1.44. The number of para-hydroxylation sites is 1. The van der Waals surface area contributed by atoms with Crippen LogP contribution >= 0.6 is 0 Å². The predicted octanol–water partition coefficient (Wildman–Crippen LogP) is 2.89. The molecule has 1 aromatic rings. The summed E-state index contributed by atoms with van der Waals surface area (Å²) >= 11 is 0. The number of hydrogen-bond donors (Lipinski definition) is 2. The van der Waals surface area contributed by atoms with Gasteiger partial charge in [-0.2, -0.15) is 0 Å². The number of rotatable bonds is 5. The van der Waals surface area contributed by atoms with Crippen molar-refractivity contribution in [1.82, 2.24) is 5.32 Å². The Labute approximate surface area is 104 Å². The van der Waals surface area contributed by atoms with Gasteiger partial charge in [0.25, 0.3) is 5.91 Å². The van der Waals surface area contributed by atoms with Crippen LogP contribution in [-0.2, 0) is 0 Å². The molecule has 1 rings (SSSR count). The second kappa shape index (κ2) is 5.71. The van der Waals surface area contributed by atoms with E-state index in [4.69, 9.17) is 0 Å². The van der Waals surface area contributed by atoms with Gasteiger partial charge in [-0.1, -0.05) is 32.9 Å². The minimum Gasteiger partial charge on any atom is -0.387 e. The van der Waals surface area contributed by atoms with Crippen molar-refractivity contribution in [3.8, 4) is 0 Å². The van der Waals surface area contributed by atoms with Crippen molar-refractivity contribution in [3.05, 3.63) is 29.8 Å². The minimum atomic E-state index is -0.0172. The van der Waals surface area contributed by atoms with Gasteiger partial charge in [-0.3, -0.25) is 4.79 Å². The molecule has 0 radical (unpaired) electrons. The van der Waals surface area contributed by atoms with Crippen molar-refractivity contribution in [2.24, 2.45) is 5.41 Å². The Balaban J connectivity index is 2.70. The van der Waals surface area contributed by atoms with Crippen LogP contribution in [0.5, 0.6) is 0 Å². The first-order valence-corrected chi connectivity index (χ1v) is 6.05. The maximum absolute atomic E-state index is 12.0. The average molecular weight is 234 g/mol. The summed E-state index contributed by atoms with van der Waals surface area (Å²) in [6.45, 7) is 7.13. The number of benzene rings is 1. The van der Waals surface area contributed by atoms with Crippen LogP contribution in [0.3, 0.4) is 0 Å². The molecule has 0 aliphatic rings. The van der Waals surface area contributed by atoms with Crippen molar-refractivity contribution in [1.29, 1.82) is 0 Å². The molecule has 0 bridgehead atoms. The summed E-state index contributed by atoms with van der Waals surface area (Å²) < 4.78 is 0. The summed E-state index contributed by atoms with van der Waals surface area (Å²) in [7, 11) is 1.82. The third-order valence-corrected chi connectivity index (χ3v) is 3.13. The summed E-state index contributed by atoms with van der Waals surface area (Å²) in [6, 6.07) is 7.53. The Hall–Kier alpha value is -1.51. The monoisotopic (exact) mass is 234 g/mol. The first kappa shape index (κ1) is 13.6. The molecule has 0 saturated heterocycles. The normalized spacial score (nSPS) is 11.1. The molecule has 0 saturated carbocycles. The highest BCUT2D eigenvalue weighted by molar-refractivity contribution is 5.99. The zero-order valence-corrected chi connectivity index (χ0v) is 11.1. The summed E-state index contributed by atoms with van der Waals surface area (Å²) in [5.41, 5.74) is 1.70. The minimum absolute atomic E-state index is 0.0172. The summed E-state index contributed by atoms with van der Waals surface area (Å²) in [5.74, 6) is -0.0172. The quantitative estimate of drug-likeness (QED) is 0.822. The maximum atomic E-state index is 12.0. The topological polar surface area (TPSA) is 41.1 Å². The second-order valence-electron chi connectivity index (χ2n) is 5.00. The van der Waals surface area contributed by atoms with Crippen LogP contribution in [0, 0.1) is 5.41 Å². The van der Waals surface area contributed by atoms with Crippen LogP contribution in [0.2, 0.25) is 0 Å². The van der Waals surface area contributed by atoms with E-state index < -0.39 is 0 Å². The van der Waals surface area contributed by atoms with E-state index in [-0.39, 0.29) is 11.3 Å². The van der Waals surface area contributed by atoms with Crippen molar-refractivity contribution < 1.29 is 4.79 Å². The van der Waals surface area contributed by atoms with Crippen molar-refractivity contribution in [3.63, 3.8) is 0 Å². The third-order valence-electron chi connectivity index (χ3n) is 3.13. The van der Waals surface area contributed by atoms with Crippen molar-refractivity contribution in [2.45, 2.75) is 27.2 Å². The summed E-state index contributed by atoms with van der Waals surface area (Å²) in [6.07, 6.45) is 1.04. The van der Waals surface area contributed by atoms with Crippen LogP contribution in [-0.4, -0.2) is 19.5 Å². The number of hydrogen-bond acceptors (Lipinski definition) is 2. The first-order valence-electron chi connectivity index (χ1n) is 6.05. The van der Waals surface area contributed by atoms with Gasteiger partial charge < -0.3 is 10.6 Å². The van der Waals surface area contributed by atoms with E-state index in [1.807, 2.05) is 31.3 Å². The molecule has 0 atom stereocenters. The smallest absolute Gasteiger partial charge is 0.253 e. The molecule has 2 N–H and O–H groups in total. The molecule has 0 spiro atoms. The van der Waals surface area contributed by atoms with Gasteiger partial charge >= 0.3 is 0 Å². The standard InChI is InChI=1S/C14H22N2O/c1-5-14(2,3)10-16-13(17)11-8-6-7-9-12(11)15-4/h6-9,15H,5,10H2,1-4H3,(H,16,17). The predicted molar refractivity (Wildman–Crippen MR) is 72.4 cm³/mol. The fraction of sp³-hybridized carbons (Fsp3) is 0.500. The number of nitrogens with one attached hydrogen (secondary N) is 2. The summed E-state index contributed by atoms with van der Waals surface area (Å²) in [4.78, 5) is 12.0. The number of amides is 1. The van der Waals surface area contributed by atoms with E-state index in [9.17, 15) is 4.79 Å². The fourth-order valence-corrected chi connectivity index (χ4v) is 1.44. The largest absolute Gasteiger partial charge is 0.387 e. The van der Waals surface area contributed by atoms with Gasteiger partial charge in [0.05, 0.1) is 5.56 Å². The van der Waals surface area contributed by atoms with Crippen LogP contribution in [0.15, 0.2) is 24.3 Å². The maximum Gasteiger partial charge on any atom is 0.253 e. The molecule has 0 heterocycles. The molecule has 0 fully saturated rings. The van der Waals surface area contributed by atoms with Crippen LogP contribution in [0.1, 0.15) is 37.6 Å². The van der Waals surface area contributed by atoms with E-state index >= 15 is 0 Å². The van der Waals surface area contributed by atoms with Crippen LogP contribution in [0.4, 0.5) is 5.69 Å². The number of carbonyl (C=O) groups excluding carboxylic acids is 1. The molecule has 17 heavy (non-hydrogen) atoms. The lowest BCUT2D eigenvalue weighted by molar-refractivity contribution is 0.0936. The lowest BCUT2D eigenvalue weighted by Gasteiger charge is -2.23. The third kappa shape index (κ3) is 3.77. The van der Waals surface area contributed by atoms with Gasteiger partial charge in [0, 0.05) is 19.3 Å². The lowest BCUT2D eigenvalue weighted by Crippen LogP contribution is -2.33. The molecule has 0 aromatic heterocycles. The van der Waals surface area contributed by atoms with E-state index in [1.165, 1.54) is 0 Å². The molecule has 0 aliphatic heterocycles. The number of anilines is 1. The highest BCUT2D eigenvalue weighted by Gasteiger charge is 2.17. The van der Waals surface area contributed by atoms with Crippen LogP contribution in [0.25, 0.3) is 0 Å². The zero-order valence-electron chi connectivity index (χ0n) is 11.1. The van der Waals surface area contributed by atoms with Gasteiger partial charge in [0.2, 0.25) is 0 Å². The molecular weight excluding hydrogens is 212 g/mol. The van der Waals surface area contributed by atoms with Gasteiger partial charge in [0.15, 0.2) is 0 Å². The Morgan fingerprint density at radius 2 is 1.94 bits per heavy atom. The van der Waals surface area contributed by atoms with Gasteiger partial charge in [-0.25, -0.2) is 0 Å². The van der Waals surface area contributed by atoms with E-state index in [2.05, 4.69) is 31.4 Å². The molecule has 94 valence electrons. The molecule has 3 heteroatoms. The highest BCUT2D eigenvalue weighted by Crippen LogP contribution is 2.19. The molecule has 0 aliphatic carbocycles. The van der Waals surface area contributed by atoms with Gasteiger partial charge in [-0.05, 0) is 24.0 Å².